The molecule has 0 unspecified atom stereocenters. The molecular weight excluding hydrogens is 335 g/mol. The predicted octanol–water partition coefficient (Wildman–Crippen LogP) is 1.25. The Kier molecular flexibility index (Phi) is 3.29. The molecule has 0 saturated heterocycles. The number of carbonyl (C=O) groups excluding carboxylic acids is 1. The number of alkyl halides is 3. The van der Waals surface area contributed by atoms with Gasteiger partial charge in [0.25, 0.3) is 0 Å². The predicted molar refractivity (Wildman–Crippen MR) is 58.4 cm³/mol. The number of aromatic nitrogens is 2. The number of carboxylic acids is 1. The number of halogens is 4. The molecule has 0 aliphatic carbocycles. The van der Waals surface area contributed by atoms with Crippen LogP contribution in [0.3, 0.4) is 0 Å². The molecule has 0 saturated carbocycles. The smallest absolute Gasteiger partial charge is 0.471 e. The molecule has 0 fully saturated rings. The molecule has 0 bridgehead atoms. The first kappa shape index (κ1) is 13.8. The number of imidazole rings is 1. The number of carbonyl (C=O) groups is 2. The Morgan fingerprint density at radius 2 is 1.95 bits per heavy atom. The lowest BCUT2D eigenvalue weighted by Crippen LogP contribution is -2.45. The molecule has 0 radical (unpaired) electrons. The minimum Gasteiger partial charge on any atom is -0.476 e. The van der Waals surface area contributed by atoms with Gasteiger partial charge in [-0.1, -0.05) is 0 Å². The minimum absolute atomic E-state index is 0.0536. The van der Waals surface area contributed by atoms with Gasteiger partial charge in [-0.2, -0.15) is 13.2 Å². The van der Waals surface area contributed by atoms with Gasteiger partial charge in [-0.25, -0.2) is 9.78 Å². The monoisotopic (exact) mass is 341 g/mol. The number of hydrogen-bond donors (Lipinski definition) is 1. The van der Waals surface area contributed by atoms with Crippen molar-refractivity contribution in [2.75, 3.05) is 6.54 Å². The van der Waals surface area contributed by atoms with Gasteiger partial charge in [0.2, 0.25) is 0 Å². The third-order valence-corrected chi connectivity index (χ3v) is 3.30. The van der Waals surface area contributed by atoms with Crippen molar-refractivity contribution in [2.24, 2.45) is 0 Å². The summed E-state index contributed by atoms with van der Waals surface area (Å²) in [4.78, 5) is 26.3. The van der Waals surface area contributed by atoms with Crippen LogP contribution in [0.15, 0.2) is 4.73 Å². The van der Waals surface area contributed by atoms with Crippen molar-refractivity contribution in [2.45, 2.75) is 19.3 Å². The molecule has 2 rings (SSSR count). The minimum atomic E-state index is -4.97. The fraction of sp³-hybridized carbons (Fsp3) is 0.444. The molecule has 10 heteroatoms. The van der Waals surface area contributed by atoms with Crippen LogP contribution in [0.5, 0.6) is 0 Å². The average Bonchev–Trinajstić information content (AvgIpc) is 2.64. The number of rotatable bonds is 1. The Balaban J connectivity index is 2.34. The Bertz CT molecular complexity index is 555. The molecule has 6 nitrogen and oxygen atoms in total. The molecule has 1 aliphatic heterocycles. The van der Waals surface area contributed by atoms with Gasteiger partial charge in [0, 0.05) is 13.1 Å². The summed E-state index contributed by atoms with van der Waals surface area (Å²) in [6.07, 6.45) is -4.97. The van der Waals surface area contributed by atoms with Crippen LogP contribution in [0, 0.1) is 0 Å². The normalized spacial score (nSPS) is 15.3. The lowest BCUT2D eigenvalue weighted by atomic mass is 10.2. The SMILES string of the molecule is O=C(O)c1nc(Br)n2c1CN(C(=O)C(F)(F)F)CC2. The van der Waals surface area contributed by atoms with Gasteiger partial charge in [-0.3, -0.25) is 4.79 Å². The second kappa shape index (κ2) is 4.51. The molecule has 1 aliphatic rings. The maximum absolute atomic E-state index is 12.3. The maximum Gasteiger partial charge on any atom is 0.471 e. The van der Waals surface area contributed by atoms with Crippen LogP contribution < -0.4 is 0 Å². The number of fused-ring (bicyclic) bond motifs is 1. The molecule has 19 heavy (non-hydrogen) atoms. The number of nitrogens with zero attached hydrogens (tertiary/aromatic N) is 3. The third-order valence-electron chi connectivity index (χ3n) is 2.69. The highest BCUT2D eigenvalue weighted by Gasteiger charge is 2.44. The highest BCUT2D eigenvalue weighted by molar-refractivity contribution is 9.10. The van der Waals surface area contributed by atoms with Crippen molar-refractivity contribution in [1.82, 2.24) is 14.5 Å². The Morgan fingerprint density at radius 3 is 2.47 bits per heavy atom. The summed E-state index contributed by atoms with van der Waals surface area (Å²) in [6.45, 7) is -0.532. The van der Waals surface area contributed by atoms with Gasteiger partial charge < -0.3 is 14.6 Å². The summed E-state index contributed by atoms with van der Waals surface area (Å²) in [6, 6.07) is 0. The first-order valence-corrected chi connectivity index (χ1v) is 5.85. The van der Waals surface area contributed by atoms with E-state index in [-0.39, 0.29) is 29.2 Å². The summed E-state index contributed by atoms with van der Waals surface area (Å²) in [5, 5.41) is 8.92. The molecule has 104 valence electrons. The Hall–Kier alpha value is -1.58. The van der Waals surface area contributed by atoms with Gasteiger partial charge in [-0.05, 0) is 15.9 Å². The molecule has 1 N–H and O–H groups in total. The summed E-state index contributed by atoms with van der Waals surface area (Å²) < 4.78 is 38.7. The van der Waals surface area contributed by atoms with Crippen LogP contribution in [0.2, 0.25) is 0 Å². The summed E-state index contributed by atoms with van der Waals surface area (Å²) in [7, 11) is 0. The lowest BCUT2D eigenvalue weighted by molar-refractivity contribution is -0.186. The summed E-state index contributed by atoms with van der Waals surface area (Å²) in [5.41, 5.74) is -0.283. The van der Waals surface area contributed by atoms with Crippen LogP contribution in [0.4, 0.5) is 13.2 Å². The molecule has 2 heterocycles. The van der Waals surface area contributed by atoms with Crippen molar-refractivity contribution < 1.29 is 27.9 Å². The van der Waals surface area contributed by atoms with Crippen LogP contribution in [-0.2, 0) is 17.9 Å². The first-order valence-electron chi connectivity index (χ1n) is 5.06. The van der Waals surface area contributed by atoms with Crippen LogP contribution in [0.25, 0.3) is 0 Å². The van der Waals surface area contributed by atoms with E-state index in [1.165, 1.54) is 4.57 Å². The van der Waals surface area contributed by atoms with Gasteiger partial charge in [-0.15, -0.1) is 0 Å². The Labute approximate surface area is 112 Å². The fourth-order valence-electron chi connectivity index (χ4n) is 1.85. The highest BCUT2D eigenvalue weighted by Crippen LogP contribution is 2.26. The van der Waals surface area contributed by atoms with Crippen molar-refractivity contribution in [1.29, 1.82) is 0 Å². The van der Waals surface area contributed by atoms with E-state index in [1.54, 1.807) is 0 Å². The number of aromatic carboxylic acids is 1. The molecule has 0 aromatic carbocycles. The third kappa shape index (κ3) is 2.44. The van der Waals surface area contributed by atoms with Crippen molar-refractivity contribution in [3.63, 3.8) is 0 Å². The molecule has 0 atom stereocenters. The first-order chi connectivity index (χ1) is 8.71. The number of amides is 1. The highest BCUT2D eigenvalue weighted by atomic mass is 79.9. The zero-order valence-corrected chi connectivity index (χ0v) is 10.8. The topological polar surface area (TPSA) is 75.4 Å². The second-order valence-electron chi connectivity index (χ2n) is 3.86. The lowest BCUT2D eigenvalue weighted by Gasteiger charge is -2.29. The van der Waals surface area contributed by atoms with Crippen molar-refractivity contribution in [3.8, 4) is 0 Å². The van der Waals surface area contributed by atoms with Gasteiger partial charge in [0.1, 0.15) is 0 Å². The van der Waals surface area contributed by atoms with Gasteiger partial charge in [0.05, 0.1) is 12.2 Å². The van der Waals surface area contributed by atoms with E-state index in [4.69, 9.17) is 5.11 Å². The van der Waals surface area contributed by atoms with E-state index in [2.05, 4.69) is 20.9 Å². The quantitative estimate of drug-likeness (QED) is 0.834. The average molecular weight is 342 g/mol. The Morgan fingerprint density at radius 1 is 1.32 bits per heavy atom. The zero-order valence-electron chi connectivity index (χ0n) is 9.24. The number of carboxylic acid groups (broad SMARTS) is 1. The fourth-order valence-corrected chi connectivity index (χ4v) is 2.42. The van der Waals surface area contributed by atoms with Crippen molar-refractivity contribution in [3.05, 3.63) is 16.1 Å². The largest absolute Gasteiger partial charge is 0.476 e. The zero-order chi connectivity index (χ0) is 14.4. The molecular formula is C9H7BrF3N3O3. The van der Waals surface area contributed by atoms with E-state index in [0.717, 1.165) is 0 Å². The second-order valence-corrected chi connectivity index (χ2v) is 4.57. The molecule has 1 aromatic rings. The van der Waals surface area contributed by atoms with Gasteiger partial charge >= 0.3 is 18.1 Å². The van der Waals surface area contributed by atoms with E-state index in [9.17, 15) is 22.8 Å². The maximum atomic E-state index is 12.3. The summed E-state index contributed by atoms with van der Waals surface area (Å²) >= 11 is 3.03. The number of hydrogen-bond acceptors (Lipinski definition) is 3. The standard InChI is InChI=1S/C9H7BrF3N3O3/c10-8-14-5(6(17)18)4-3-15(1-2-16(4)8)7(19)9(11,12)13/h1-3H2,(H,17,18). The van der Waals surface area contributed by atoms with E-state index < -0.39 is 24.6 Å². The van der Waals surface area contributed by atoms with E-state index in [1.807, 2.05) is 0 Å². The van der Waals surface area contributed by atoms with Crippen LogP contribution in [-0.4, -0.2) is 44.2 Å². The van der Waals surface area contributed by atoms with Crippen LogP contribution in [0.1, 0.15) is 16.2 Å². The van der Waals surface area contributed by atoms with Crippen molar-refractivity contribution >= 4 is 27.8 Å². The molecule has 1 aromatic heterocycles. The van der Waals surface area contributed by atoms with Gasteiger partial charge in [0.15, 0.2) is 10.4 Å². The molecule has 0 spiro atoms. The van der Waals surface area contributed by atoms with E-state index >= 15 is 0 Å². The summed E-state index contributed by atoms with van der Waals surface area (Å²) in [5.74, 6) is -3.33. The van der Waals surface area contributed by atoms with E-state index in [0.29, 0.717) is 4.90 Å². The molecule has 1 amide bonds. The van der Waals surface area contributed by atoms with Crippen LogP contribution >= 0.6 is 15.9 Å².